The Labute approximate surface area is 73.4 Å². The molecule has 2 heterocycles. The normalized spacial score (nSPS) is 12.1. The Kier molecular flexibility index (Phi) is 1.54. The average molecular weight is 199 g/mol. The number of aromatic amines is 1. The predicted octanol–water partition coefficient (Wildman–Crippen LogP) is -1.05. The van der Waals surface area contributed by atoms with Crippen LogP contribution in [0.4, 0.5) is 0 Å². The molecule has 0 amide bonds. The number of nitrogens with one attached hydrogen (secondary N) is 1. The zero-order valence-electron chi connectivity index (χ0n) is 6.30. The van der Waals surface area contributed by atoms with Crippen molar-refractivity contribution in [2.75, 3.05) is 0 Å². The summed E-state index contributed by atoms with van der Waals surface area (Å²) in [5.74, 6) is 0.298. The molecule has 0 aromatic carbocycles. The molecule has 0 radical (unpaired) electrons. The van der Waals surface area contributed by atoms with Gasteiger partial charge >= 0.3 is 0 Å². The van der Waals surface area contributed by atoms with Crippen LogP contribution in [-0.4, -0.2) is 28.8 Å². The maximum atomic E-state index is 10.9. The molecule has 2 rings (SSSR count). The summed E-state index contributed by atoms with van der Waals surface area (Å²) < 4.78 is 21.8. The van der Waals surface area contributed by atoms with Gasteiger partial charge in [0.2, 0.25) is 0 Å². The second kappa shape index (κ2) is 2.47. The number of primary sulfonamides is 1. The molecule has 0 aromatic heterocycles. The van der Waals surface area contributed by atoms with Crippen LogP contribution >= 0.6 is 0 Å². The Morgan fingerprint density at radius 2 is 2.08 bits per heavy atom. The number of H-pyrrole nitrogens is 1. The topological polar surface area (TPSA) is 115 Å². The Morgan fingerprint density at radius 1 is 1.31 bits per heavy atom. The van der Waals surface area contributed by atoms with E-state index in [9.17, 15) is 8.42 Å². The molecule has 0 aliphatic carbocycles. The molecule has 0 unspecified atom stereocenters. The van der Waals surface area contributed by atoms with Crippen molar-refractivity contribution in [1.82, 2.24) is 20.4 Å². The van der Waals surface area contributed by atoms with Crippen molar-refractivity contribution < 1.29 is 8.42 Å². The smallest absolute Gasteiger partial charge is 0.253 e. The van der Waals surface area contributed by atoms with Gasteiger partial charge in [0, 0.05) is 0 Å². The lowest BCUT2D eigenvalue weighted by atomic mass is 10.3. The maximum Gasteiger partial charge on any atom is 0.253 e. The number of sulfonamides is 1. The molecule has 13 heavy (non-hydrogen) atoms. The molecule has 68 valence electrons. The standard InChI is InChI=1S/C5H5N5O2S/c6-13(11,12)4-2-1-3-5(7-4)9-10-8-3/h1-2H,(H2,6,11,12)(H,7,8,9,10). The van der Waals surface area contributed by atoms with Gasteiger partial charge < -0.3 is 4.98 Å². The minimum Gasteiger partial charge on any atom is -0.326 e. The molecular weight excluding hydrogens is 194 g/mol. The third kappa shape index (κ3) is 1.36. The minimum atomic E-state index is -3.72. The zero-order chi connectivity index (χ0) is 9.47. The maximum absolute atomic E-state index is 10.9. The van der Waals surface area contributed by atoms with Crippen molar-refractivity contribution in [2.24, 2.45) is 5.14 Å². The Hall–Kier alpha value is -1.54. The lowest BCUT2D eigenvalue weighted by molar-refractivity contribution is 0.594. The van der Waals surface area contributed by atoms with Crippen molar-refractivity contribution in [1.29, 1.82) is 0 Å². The monoisotopic (exact) mass is 199 g/mol. The third-order valence-corrected chi connectivity index (χ3v) is 2.33. The van der Waals surface area contributed by atoms with Crippen LogP contribution in [0.5, 0.6) is 0 Å². The molecule has 0 spiro atoms. The fourth-order valence-electron chi connectivity index (χ4n) is 0.894. The first-order valence-corrected chi connectivity index (χ1v) is 4.83. The number of hydrogen-bond donors (Lipinski definition) is 2. The van der Waals surface area contributed by atoms with Crippen LogP contribution in [0.25, 0.3) is 11.5 Å². The first kappa shape index (κ1) is 8.08. The van der Waals surface area contributed by atoms with E-state index >= 15 is 0 Å². The van der Waals surface area contributed by atoms with E-state index in [-0.39, 0.29) is 5.03 Å². The van der Waals surface area contributed by atoms with E-state index in [2.05, 4.69) is 20.4 Å². The van der Waals surface area contributed by atoms with Crippen LogP contribution in [0, 0.1) is 0 Å². The largest absolute Gasteiger partial charge is 0.326 e. The van der Waals surface area contributed by atoms with Gasteiger partial charge in [-0.15, -0.1) is 10.2 Å². The lowest BCUT2D eigenvalue weighted by Crippen LogP contribution is -2.14. The summed E-state index contributed by atoms with van der Waals surface area (Å²) in [6.45, 7) is 0. The van der Waals surface area contributed by atoms with Crippen molar-refractivity contribution in [3.05, 3.63) is 12.1 Å². The molecule has 0 saturated heterocycles. The van der Waals surface area contributed by atoms with Crippen LogP contribution in [0.2, 0.25) is 0 Å². The molecule has 0 aromatic rings. The van der Waals surface area contributed by atoms with Crippen LogP contribution in [0.3, 0.4) is 0 Å². The number of pyridine rings is 1. The Bertz CT molecular complexity index is 504. The van der Waals surface area contributed by atoms with Gasteiger partial charge in [-0.3, -0.25) is 0 Å². The van der Waals surface area contributed by atoms with Crippen molar-refractivity contribution >= 4 is 10.0 Å². The van der Waals surface area contributed by atoms with Gasteiger partial charge in [0.25, 0.3) is 10.0 Å². The highest BCUT2D eigenvalue weighted by Gasteiger charge is 2.13. The molecule has 0 saturated carbocycles. The van der Waals surface area contributed by atoms with Gasteiger partial charge in [-0.1, -0.05) is 0 Å². The van der Waals surface area contributed by atoms with Gasteiger partial charge in [0.15, 0.2) is 5.82 Å². The van der Waals surface area contributed by atoms with Gasteiger partial charge in [-0.25, -0.2) is 13.6 Å². The average Bonchev–Trinajstić information content (AvgIpc) is 2.47. The van der Waals surface area contributed by atoms with Crippen molar-refractivity contribution in [3.63, 3.8) is 0 Å². The van der Waals surface area contributed by atoms with E-state index in [0.717, 1.165) is 0 Å². The molecule has 0 bridgehead atoms. The number of hydrogen-bond acceptors (Lipinski definition) is 5. The summed E-state index contributed by atoms with van der Waals surface area (Å²) in [6, 6.07) is 2.79. The predicted molar refractivity (Wildman–Crippen MR) is 42.2 cm³/mol. The first-order chi connectivity index (χ1) is 6.07. The van der Waals surface area contributed by atoms with Gasteiger partial charge in [0.05, 0.1) is 0 Å². The summed E-state index contributed by atoms with van der Waals surface area (Å²) in [7, 11) is -3.72. The van der Waals surface area contributed by atoms with Gasteiger partial charge in [-0.05, 0) is 17.3 Å². The molecule has 8 heteroatoms. The minimum absolute atomic E-state index is 0.109. The van der Waals surface area contributed by atoms with E-state index in [4.69, 9.17) is 5.14 Å². The number of nitrogens with zero attached hydrogens (tertiary/aromatic N) is 3. The highest BCUT2D eigenvalue weighted by molar-refractivity contribution is 7.89. The van der Waals surface area contributed by atoms with Crippen LogP contribution in [0.1, 0.15) is 0 Å². The van der Waals surface area contributed by atoms with E-state index in [1.807, 2.05) is 0 Å². The summed E-state index contributed by atoms with van der Waals surface area (Å²) >= 11 is 0. The molecule has 3 N–H and O–H groups in total. The van der Waals surface area contributed by atoms with E-state index < -0.39 is 10.0 Å². The number of fused-ring (bicyclic) bond motifs is 1. The molecule has 2 aliphatic heterocycles. The highest BCUT2D eigenvalue weighted by Crippen LogP contribution is 2.14. The SMILES string of the molecule is NS(=O)(=O)c1ccc2nnnc-2[nH]1. The number of nitrogens with two attached hydrogens (primary N) is 1. The zero-order valence-corrected chi connectivity index (χ0v) is 7.11. The quantitative estimate of drug-likeness (QED) is 0.608. The van der Waals surface area contributed by atoms with Crippen molar-refractivity contribution in [3.8, 4) is 11.5 Å². The van der Waals surface area contributed by atoms with Crippen molar-refractivity contribution in [2.45, 2.75) is 5.03 Å². The fraction of sp³-hybridized carbons (Fsp3) is 0. The first-order valence-electron chi connectivity index (χ1n) is 3.28. The molecule has 0 fully saturated rings. The second-order valence-corrected chi connectivity index (χ2v) is 3.92. The number of rotatable bonds is 1. The summed E-state index contributed by atoms with van der Waals surface area (Å²) in [4.78, 5) is 2.50. The summed E-state index contributed by atoms with van der Waals surface area (Å²) in [5.41, 5.74) is 0.493. The Morgan fingerprint density at radius 3 is 2.77 bits per heavy atom. The Balaban J connectivity index is 2.70. The van der Waals surface area contributed by atoms with E-state index in [0.29, 0.717) is 11.5 Å². The lowest BCUT2D eigenvalue weighted by Gasteiger charge is -1.99. The molecule has 0 atom stereocenters. The van der Waals surface area contributed by atoms with Gasteiger partial charge in [0.1, 0.15) is 10.7 Å². The molecular formula is C5H5N5O2S. The summed E-state index contributed by atoms with van der Waals surface area (Å²) in [5, 5.41) is 15.3. The van der Waals surface area contributed by atoms with Gasteiger partial charge in [-0.2, -0.15) is 0 Å². The number of aromatic nitrogens is 4. The fourth-order valence-corrected chi connectivity index (χ4v) is 1.39. The third-order valence-electron chi connectivity index (χ3n) is 1.48. The van der Waals surface area contributed by atoms with Crippen LogP contribution < -0.4 is 5.14 Å². The van der Waals surface area contributed by atoms with E-state index in [1.54, 1.807) is 0 Å². The molecule has 7 nitrogen and oxygen atoms in total. The van der Waals surface area contributed by atoms with Crippen LogP contribution in [-0.2, 0) is 10.0 Å². The second-order valence-electron chi connectivity index (χ2n) is 2.39. The van der Waals surface area contributed by atoms with Crippen LogP contribution in [0.15, 0.2) is 17.2 Å². The highest BCUT2D eigenvalue weighted by atomic mass is 32.2. The summed E-state index contributed by atoms with van der Waals surface area (Å²) in [6.07, 6.45) is 0. The molecule has 2 aliphatic rings. The van der Waals surface area contributed by atoms with E-state index in [1.165, 1.54) is 12.1 Å².